The molecule has 0 heterocycles. The topological polar surface area (TPSA) is 66.8 Å². The van der Waals surface area contributed by atoms with E-state index < -0.39 is 18.2 Å². The van der Waals surface area contributed by atoms with Crippen LogP contribution in [0, 0.1) is 0 Å². The summed E-state index contributed by atoms with van der Waals surface area (Å²) < 4.78 is 4.60. The predicted octanol–water partition coefficient (Wildman–Crippen LogP) is -0.151. The Morgan fingerprint density at radius 3 is 2.67 bits per heavy atom. The van der Waals surface area contributed by atoms with Crippen molar-refractivity contribution in [3.63, 3.8) is 0 Å². The molecule has 0 saturated heterocycles. The molecule has 1 atom stereocenters. The van der Waals surface area contributed by atoms with E-state index in [-0.39, 0.29) is 6.61 Å². The molecule has 2 N–H and O–H groups in total. The highest BCUT2D eigenvalue weighted by atomic mass is 16.5. The summed E-state index contributed by atoms with van der Waals surface area (Å²) in [5.74, 6) is -0.522. The fourth-order valence-electron chi connectivity index (χ4n) is 0.456. The SMILES string of the molecule is C/C=C/C(=O)OCC(C)(O)CO. The van der Waals surface area contributed by atoms with E-state index in [2.05, 4.69) is 4.74 Å². The van der Waals surface area contributed by atoms with Gasteiger partial charge < -0.3 is 14.9 Å². The smallest absolute Gasteiger partial charge is 0.330 e. The molecule has 0 aromatic rings. The molecule has 0 spiro atoms. The van der Waals surface area contributed by atoms with Crippen LogP contribution in [0.5, 0.6) is 0 Å². The fraction of sp³-hybridized carbons (Fsp3) is 0.625. The van der Waals surface area contributed by atoms with E-state index in [1.165, 1.54) is 19.1 Å². The summed E-state index contributed by atoms with van der Waals surface area (Å²) in [6.07, 6.45) is 2.78. The Hall–Kier alpha value is -0.870. The first kappa shape index (κ1) is 11.1. The molecule has 0 aliphatic carbocycles. The summed E-state index contributed by atoms with van der Waals surface area (Å²) in [5.41, 5.74) is -1.35. The van der Waals surface area contributed by atoms with Crippen molar-refractivity contribution < 1.29 is 19.7 Å². The summed E-state index contributed by atoms with van der Waals surface area (Å²) in [4.78, 5) is 10.7. The molecule has 0 aliphatic heterocycles. The zero-order valence-electron chi connectivity index (χ0n) is 7.28. The second kappa shape index (κ2) is 4.90. The lowest BCUT2D eigenvalue weighted by Gasteiger charge is -2.18. The average Bonchev–Trinajstić information content (AvgIpc) is 2.02. The Morgan fingerprint density at radius 2 is 2.25 bits per heavy atom. The highest BCUT2D eigenvalue weighted by molar-refractivity contribution is 5.81. The number of allylic oxidation sites excluding steroid dienone is 1. The molecular weight excluding hydrogens is 160 g/mol. The van der Waals surface area contributed by atoms with Gasteiger partial charge in [-0.2, -0.15) is 0 Å². The largest absolute Gasteiger partial charge is 0.459 e. The van der Waals surface area contributed by atoms with Crippen molar-refractivity contribution in [3.05, 3.63) is 12.2 Å². The molecule has 70 valence electrons. The minimum absolute atomic E-state index is 0.202. The Bertz CT molecular complexity index is 172. The fourth-order valence-corrected chi connectivity index (χ4v) is 0.456. The Labute approximate surface area is 71.5 Å². The van der Waals surface area contributed by atoms with Gasteiger partial charge in [0.15, 0.2) is 0 Å². The van der Waals surface area contributed by atoms with Crippen molar-refractivity contribution in [1.29, 1.82) is 0 Å². The molecular formula is C8H14O4. The minimum Gasteiger partial charge on any atom is -0.459 e. The average molecular weight is 174 g/mol. The molecule has 1 unspecified atom stereocenters. The minimum atomic E-state index is -1.35. The van der Waals surface area contributed by atoms with Gasteiger partial charge in [0.1, 0.15) is 12.2 Å². The van der Waals surface area contributed by atoms with Gasteiger partial charge in [-0.25, -0.2) is 4.79 Å². The van der Waals surface area contributed by atoms with Crippen LogP contribution in [-0.2, 0) is 9.53 Å². The number of ether oxygens (including phenoxy) is 1. The zero-order chi connectivity index (χ0) is 9.61. The summed E-state index contributed by atoms with van der Waals surface area (Å²) >= 11 is 0. The first-order chi connectivity index (χ1) is 5.52. The molecule has 4 heteroatoms. The number of carbonyl (C=O) groups excluding carboxylic acids is 1. The predicted molar refractivity (Wildman–Crippen MR) is 43.5 cm³/mol. The van der Waals surface area contributed by atoms with Gasteiger partial charge in [-0.15, -0.1) is 0 Å². The lowest BCUT2D eigenvalue weighted by atomic mass is 10.1. The summed E-state index contributed by atoms with van der Waals surface area (Å²) in [5, 5.41) is 17.8. The van der Waals surface area contributed by atoms with Gasteiger partial charge in [0.05, 0.1) is 6.61 Å². The first-order valence-corrected chi connectivity index (χ1v) is 3.64. The van der Waals surface area contributed by atoms with Crippen LogP contribution in [0.4, 0.5) is 0 Å². The van der Waals surface area contributed by atoms with Crippen LogP contribution in [0.1, 0.15) is 13.8 Å². The molecule has 0 rings (SSSR count). The Morgan fingerprint density at radius 1 is 1.67 bits per heavy atom. The molecule has 0 saturated carbocycles. The lowest BCUT2D eigenvalue weighted by molar-refractivity contribution is -0.146. The van der Waals surface area contributed by atoms with E-state index in [0.29, 0.717) is 0 Å². The van der Waals surface area contributed by atoms with Crippen molar-refractivity contribution in [2.45, 2.75) is 19.4 Å². The molecule has 0 bridgehead atoms. The van der Waals surface area contributed by atoms with Crippen LogP contribution in [0.25, 0.3) is 0 Å². The van der Waals surface area contributed by atoms with Gasteiger partial charge in [0.25, 0.3) is 0 Å². The van der Waals surface area contributed by atoms with Crippen molar-refractivity contribution in [3.8, 4) is 0 Å². The molecule has 4 nitrogen and oxygen atoms in total. The van der Waals surface area contributed by atoms with Crippen LogP contribution in [0.2, 0.25) is 0 Å². The molecule has 0 aromatic carbocycles. The standard InChI is InChI=1S/C8H14O4/c1-3-4-7(10)12-6-8(2,11)5-9/h3-4,9,11H,5-6H2,1-2H3/b4-3+. The normalized spacial score (nSPS) is 16.0. The number of carbonyl (C=O) groups is 1. The first-order valence-electron chi connectivity index (χ1n) is 3.64. The highest BCUT2D eigenvalue weighted by Gasteiger charge is 2.20. The van der Waals surface area contributed by atoms with Crippen molar-refractivity contribution in [2.24, 2.45) is 0 Å². The molecule has 0 radical (unpaired) electrons. The zero-order valence-corrected chi connectivity index (χ0v) is 7.28. The van der Waals surface area contributed by atoms with Crippen molar-refractivity contribution >= 4 is 5.97 Å². The molecule has 12 heavy (non-hydrogen) atoms. The van der Waals surface area contributed by atoms with Crippen LogP contribution in [0.3, 0.4) is 0 Å². The molecule has 0 amide bonds. The van der Waals surface area contributed by atoms with E-state index in [9.17, 15) is 9.90 Å². The van der Waals surface area contributed by atoms with Gasteiger partial charge in [-0.1, -0.05) is 6.08 Å². The second-order valence-electron chi connectivity index (χ2n) is 2.76. The van der Waals surface area contributed by atoms with Crippen LogP contribution in [0.15, 0.2) is 12.2 Å². The van der Waals surface area contributed by atoms with Crippen LogP contribution >= 0.6 is 0 Å². The highest BCUT2D eigenvalue weighted by Crippen LogP contribution is 2.01. The van der Waals surface area contributed by atoms with Gasteiger partial charge in [-0.3, -0.25) is 0 Å². The number of rotatable bonds is 4. The third kappa shape index (κ3) is 4.87. The van der Waals surface area contributed by atoms with Crippen LogP contribution in [-0.4, -0.2) is 35.0 Å². The maximum absolute atomic E-state index is 10.7. The summed E-state index contributed by atoms with van der Waals surface area (Å²) in [7, 11) is 0. The monoisotopic (exact) mass is 174 g/mol. The van der Waals surface area contributed by atoms with Crippen molar-refractivity contribution in [2.75, 3.05) is 13.2 Å². The number of hydrogen-bond donors (Lipinski definition) is 2. The van der Waals surface area contributed by atoms with Gasteiger partial charge >= 0.3 is 5.97 Å². The number of hydrogen-bond acceptors (Lipinski definition) is 4. The summed E-state index contributed by atoms with van der Waals surface area (Å²) in [6.45, 7) is 2.43. The Kier molecular flexibility index (Phi) is 4.54. The maximum Gasteiger partial charge on any atom is 0.330 e. The number of aliphatic hydroxyl groups is 2. The van der Waals surface area contributed by atoms with E-state index >= 15 is 0 Å². The number of esters is 1. The summed E-state index contributed by atoms with van der Waals surface area (Å²) in [6, 6.07) is 0. The van der Waals surface area contributed by atoms with E-state index in [1.54, 1.807) is 6.92 Å². The second-order valence-corrected chi connectivity index (χ2v) is 2.76. The van der Waals surface area contributed by atoms with E-state index in [0.717, 1.165) is 0 Å². The third-order valence-corrected chi connectivity index (χ3v) is 1.17. The third-order valence-electron chi connectivity index (χ3n) is 1.17. The number of aliphatic hydroxyl groups excluding tert-OH is 1. The van der Waals surface area contributed by atoms with E-state index in [4.69, 9.17) is 5.11 Å². The maximum atomic E-state index is 10.7. The van der Waals surface area contributed by atoms with Crippen molar-refractivity contribution in [1.82, 2.24) is 0 Å². The quantitative estimate of drug-likeness (QED) is 0.459. The molecule has 0 aliphatic rings. The van der Waals surface area contributed by atoms with Gasteiger partial charge in [0.2, 0.25) is 0 Å². The van der Waals surface area contributed by atoms with E-state index in [1.807, 2.05) is 0 Å². The van der Waals surface area contributed by atoms with Gasteiger partial charge in [0, 0.05) is 6.08 Å². The molecule has 0 aromatic heterocycles. The van der Waals surface area contributed by atoms with Crippen LogP contribution < -0.4 is 0 Å². The van der Waals surface area contributed by atoms with Gasteiger partial charge in [-0.05, 0) is 13.8 Å². The molecule has 0 fully saturated rings. The Balaban J connectivity index is 3.75. The lowest BCUT2D eigenvalue weighted by Crippen LogP contribution is -2.35.